The molecular formula is C11H13FO2. The molecule has 0 saturated carbocycles. The van der Waals surface area contributed by atoms with Crippen molar-refractivity contribution in [2.24, 2.45) is 0 Å². The van der Waals surface area contributed by atoms with Crippen LogP contribution in [0.1, 0.15) is 25.1 Å². The van der Waals surface area contributed by atoms with Crippen molar-refractivity contribution in [3.63, 3.8) is 0 Å². The molecule has 0 heterocycles. The van der Waals surface area contributed by atoms with Crippen molar-refractivity contribution < 1.29 is 13.9 Å². The standard InChI is InChI=1S/C11H13FO2/c1-2-14-10-5-3-9(4-6-10)11(12)7-8-13/h3-6,8,11H,2,7H2,1H3. The first-order valence-electron chi connectivity index (χ1n) is 4.58. The van der Waals surface area contributed by atoms with E-state index >= 15 is 0 Å². The van der Waals surface area contributed by atoms with E-state index in [0.29, 0.717) is 18.5 Å². The van der Waals surface area contributed by atoms with Crippen LogP contribution in [0, 0.1) is 0 Å². The monoisotopic (exact) mass is 196 g/mol. The summed E-state index contributed by atoms with van der Waals surface area (Å²) >= 11 is 0. The number of halogens is 1. The van der Waals surface area contributed by atoms with Crippen LogP contribution in [0.15, 0.2) is 24.3 Å². The zero-order valence-corrected chi connectivity index (χ0v) is 8.07. The summed E-state index contributed by atoms with van der Waals surface area (Å²) in [5.41, 5.74) is 0.514. The van der Waals surface area contributed by atoms with Crippen LogP contribution in [-0.4, -0.2) is 12.9 Å². The predicted molar refractivity (Wildman–Crippen MR) is 52.1 cm³/mol. The number of alkyl halides is 1. The van der Waals surface area contributed by atoms with Crippen molar-refractivity contribution in [2.75, 3.05) is 6.61 Å². The Kier molecular flexibility index (Phi) is 4.11. The van der Waals surface area contributed by atoms with Gasteiger partial charge in [0.05, 0.1) is 6.61 Å². The second kappa shape index (κ2) is 5.37. The maximum Gasteiger partial charge on any atom is 0.132 e. The first-order chi connectivity index (χ1) is 6.77. The van der Waals surface area contributed by atoms with E-state index in [1.807, 2.05) is 6.92 Å². The van der Waals surface area contributed by atoms with Gasteiger partial charge in [-0.25, -0.2) is 4.39 Å². The van der Waals surface area contributed by atoms with Gasteiger partial charge in [0.25, 0.3) is 0 Å². The van der Waals surface area contributed by atoms with Gasteiger partial charge in [-0.1, -0.05) is 12.1 Å². The topological polar surface area (TPSA) is 26.3 Å². The van der Waals surface area contributed by atoms with Crippen molar-refractivity contribution in [1.29, 1.82) is 0 Å². The maximum atomic E-state index is 13.2. The normalized spacial score (nSPS) is 12.1. The zero-order chi connectivity index (χ0) is 10.4. The second-order valence-electron chi connectivity index (χ2n) is 2.87. The Hall–Kier alpha value is -1.38. The van der Waals surface area contributed by atoms with Crippen LogP contribution in [0.2, 0.25) is 0 Å². The van der Waals surface area contributed by atoms with E-state index in [4.69, 9.17) is 4.74 Å². The lowest BCUT2D eigenvalue weighted by molar-refractivity contribution is -0.108. The predicted octanol–water partition coefficient (Wildman–Crippen LogP) is 2.68. The van der Waals surface area contributed by atoms with Gasteiger partial charge >= 0.3 is 0 Å². The van der Waals surface area contributed by atoms with Gasteiger partial charge in [-0.3, -0.25) is 0 Å². The van der Waals surface area contributed by atoms with Crippen molar-refractivity contribution in [2.45, 2.75) is 19.5 Å². The number of hydrogen-bond donors (Lipinski definition) is 0. The molecule has 0 aliphatic heterocycles. The van der Waals surface area contributed by atoms with Crippen molar-refractivity contribution >= 4 is 6.29 Å². The molecule has 3 heteroatoms. The minimum Gasteiger partial charge on any atom is -0.494 e. The summed E-state index contributed by atoms with van der Waals surface area (Å²) in [5, 5.41) is 0. The fourth-order valence-corrected chi connectivity index (χ4v) is 1.16. The van der Waals surface area contributed by atoms with Gasteiger partial charge in [0.15, 0.2) is 0 Å². The quantitative estimate of drug-likeness (QED) is 0.677. The summed E-state index contributed by atoms with van der Waals surface area (Å²) in [6.45, 7) is 2.48. The number of carbonyl (C=O) groups is 1. The number of aldehydes is 1. The molecule has 0 amide bonds. The van der Waals surface area contributed by atoms with E-state index in [0.717, 1.165) is 5.75 Å². The summed E-state index contributed by atoms with van der Waals surface area (Å²) in [6.07, 6.45) is -0.710. The van der Waals surface area contributed by atoms with E-state index in [2.05, 4.69) is 0 Å². The van der Waals surface area contributed by atoms with Gasteiger partial charge in [-0.15, -0.1) is 0 Å². The van der Waals surface area contributed by atoms with Crippen LogP contribution in [0.4, 0.5) is 4.39 Å². The lowest BCUT2D eigenvalue weighted by Crippen LogP contribution is -1.94. The van der Waals surface area contributed by atoms with Crippen molar-refractivity contribution in [3.8, 4) is 5.75 Å². The molecule has 1 aromatic carbocycles. The minimum atomic E-state index is -1.21. The number of benzene rings is 1. The van der Waals surface area contributed by atoms with E-state index in [1.54, 1.807) is 24.3 Å². The average molecular weight is 196 g/mol. The third-order valence-corrected chi connectivity index (χ3v) is 1.86. The molecule has 0 aromatic heterocycles. The van der Waals surface area contributed by atoms with Crippen LogP contribution in [0.25, 0.3) is 0 Å². The Labute approximate surface area is 82.7 Å². The molecule has 0 saturated heterocycles. The number of carbonyl (C=O) groups excluding carboxylic acids is 1. The number of ether oxygens (including phenoxy) is 1. The first-order valence-corrected chi connectivity index (χ1v) is 4.58. The third-order valence-electron chi connectivity index (χ3n) is 1.86. The van der Waals surface area contributed by atoms with Crippen LogP contribution >= 0.6 is 0 Å². The molecule has 0 spiro atoms. The van der Waals surface area contributed by atoms with Crippen LogP contribution in [-0.2, 0) is 4.79 Å². The summed E-state index contributed by atoms with van der Waals surface area (Å²) in [6, 6.07) is 6.69. The Morgan fingerprint density at radius 1 is 1.43 bits per heavy atom. The number of rotatable bonds is 5. The number of hydrogen-bond acceptors (Lipinski definition) is 2. The summed E-state index contributed by atoms with van der Waals surface area (Å²) in [4.78, 5) is 10.1. The molecular weight excluding hydrogens is 183 g/mol. The van der Waals surface area contributed by atoms with E-state index < -0.39 is 6.17 Å². The molecule has 1 rings (SSSR count). The molecule has 0 radical (unpaired) electrons. The zero-order valence-electron chi connectivity index (χ0n) is 8.07. The molecule has 0 N–H and O–H groups in total. The molecule has 2 nitrogen and oxygen atoms in total. The van der Waals surface area contributed by atoms with Crippen molar-refractivity contribution in [1.82, 2.24) is 0 Å². The summed E-state index contributed by atoms with van der Waals surface area (Å²) in [5.74, 6) is 0.717. The average Bonchev–Trinajstić information content (AvgIpc) is 2.20. The smallest absolute Gasteiger partial charge is 0.132 e. The third kappa shape index (κ3) is 2.83. The minimum absolute atomic E-state index is 0.0893. The highest BCUT2D eigenvalue weighted by Gasteiger charge is 2.08. The maximum absolute atomic E-state index is 13.2. The molecule has 1 aromatic rings. The van der Waals surface area contributed by atoms with Gasteiger partial charge in [-0.05, 0) is 24.6 Å². The molecule has 0 aliphatic rings. The highest BCUT2D eigenvalue weighted by molar-refractivity contribution is 5.51. The highest BCUT2D eigenvalue weighted by Crippen LogP contribution is 2.22. The van der Waals surface area contributed by atoms with Gasteiger partial charge < -0.3 is 9.53 Å². The fraction of sp³-hybridized carbons (Fsp3) is 0.364. The summed E-state index contributed by atoms with van der Waals surface area (Å²) in [7, 11) is 0. The van der Waals surface area contributed by atoms with E-state index in [1.165, 1.54) is 0 Å². The molecule has 76 valence electrons. The van der Waals surface area contributed by atoms with E-state index in [-0.39, 0.29) is 6.42 Å². The molecule has 0 aliphatic carbocycles. The van der Waals surface area contributed by atoms with Crippen molar-refractivity contribution in [3.05, 3.63) is 29.8 Å². The first kappa shape index (κ1) is 10.7. The summed E-state index contributed by atoms with van der Waals surface area (Å²) < 4.78 is 18.4. The van der Waals surface area contributed by atoms with Gasteiger partial charge in [-0.2, -0.15) is 0 Å². The Morgan fingerprint density at radius 3 is 2.57 bits per heavy atom. The molecule has 1 unspecified atom stereocenters. The van der Waals surface area contributed by atoms with Gasteiger partial charge in [0.2, 0.25) is 0 Å². The Bertz CT molecular complexity index is 282. The largest absolute Gasteiger partial charge is 0.494 e. The van der Waals surface area contributed by atoms with Crippen LogP contribution in [0.5, 0.6) is 5.75 Å². The lowest BCUT2D eigenvalue weighted by atomic mass is 10.1. The molecule has 0 bridgehead atoms. The lowest BCUT2D eigenvalue weighted by Gasteiger charge is -2.06. The Morgan fingerprint density at radius 2 is 2.07 bits per heavy atom. The van der Waals surface area contributed by atoms with Gasteiger partial charge in [0.1, 0.15) is 18.2 Å². The van der Waals surface area contributed by atoms with Crippen LogP contribution in [0.3, 0.4) is 0 Å². The Balaban J connectivity index is 2.67. The molecule has 0 fully saturated rings. The SMILES string of the molecule is CCOc1ccc(C(F)CC=O)cc1. The second-order valence-corrected chi connectivity index (χ2v) is 2.87. The fourth-order valence-electron chi connectivity index (χ4n) is 1.16. The molecule has 1 atom stereocenters. The van der Waals surface area contributed by atoms with Gasteiger partial charge in [0, 0.05) is 6.42 Å². The van der Waals surface area contributed by atoms with Crippen LogP contribution < -0.4 is 4.74 Å². The van der Waals surface area contributed by atoms with E-state index in [9.17, 15) is 9.18 Å². The highest BCUT2D eigenvalue weighted by atomic mass is 19.1. The molecule has 14 heavy (non-hydrogen) atoms.